The maximum absolute atomic E-state index is 11.8. The molecule has 0 bridgehead atoms. The predicted octanol–water partition coefficient (Wildman–Crippen LogP) is 2.05. The van der Waals surface area contributed by atoms with E-state index < -0.39 is 17.9 Å². The Kier molecular flexibility index (Phi) is 5.23. The number of nitriles is 2. The van der Waals surface area contributed by atoms with Crippen LogP contribution in [0.4, 0.5) is 0 Å². The van der Waals surface area contributed by atoms with Crippen LogP contribution in [0.2, 0.25) is 0 Å². The summed E-state index contributed by atoms with van der Waals surface area (Å²) in [5, 5.41) is 37.6. The van der Waals surface area contributed by atoms with Crippen molar-refractivity contribution >= 4 is 5.97 Å². The SMILES string of the molecule is CC(O)C(Oc1ccc(C#N)cc1)(Oc1ccccc1C#N)C(=O)O. The molecule has 2 atom stereocenters. The number of ether oxygens (including phenoxy) is 2. The number of benzene rings is 2. The molecule has 2 aromatic rings. The number of carboxylic acids is 1. The number of para-hydroxylation sites is 1. The smallest absolute Gasteiger partial charge is 0.393 e. The van der Waals surface area contributed by atoms with Crippen LogP contribution in [-0.4, -0.2) is 28.1 Å². The zero-order valence-electron chi connectivity index (χ0n) is 13.2. The van der Waals surface area contributed by atoms with Crippen LogP contribution in [-0.2, 0) is 4.79 Å². The number of aliphatic carboxylic acids is 1. The number of aliphatic hydroxyl groups excluding tert-OH is 1. The van der Waals surface area contributed by atoms with Gasteiger partial charge in [-0.05, 0) is 43.3 Å². The third kappa shape index (κ3) is 3.69. The van der Waals surface area contributed by atoms with Gasteiger partial charge in [-0.1, -0.05) is 12.1 Å². The molecule has 0 saturated carbocycles. The summed E-state index contributed by atoms with van der Waals surface area (Å²) in [6.07, 6.45) is -1.58. The van der Waals surface area contributed by atoms with Crippen molar-refractivity contribution < 1.29 is 24.5 Å². The second kappa shape index (κ2) is 7.35. The molecule has 0 heterocycles. The highest BCUT2D eigenvalue weighted by Crippen LogP contribution is 2.29. The summed E-state index contributed by atoms with van der Waals surface area (Å²) in [7, 11) is 0. The Bertz CT molecular complexity index is 849. The first-order valence-corrected chi connectivity index (χ1v) is 7.21. The van der Waals surface area contributed by atoms with Crippen molar-refractivity contribution in [3.05, 3.63) is 59.7 Å². The summed E-state index contributed by atoms with van der Waals surface area (Å²) in [6, 6.07) is 15.5. The molecule has 2 rings (SSSR count). The van der Waals surface area contributed by atoms with Crippen LogP contribution in [0.15, 0.2) is 48.5 Å². The predicted molar refractivity (Wildman–Crippen MR) is 85.6 cm³/mol. The van der Waals surface area contributed by atoms with Crippen LogP contribution in [0.5, 0.6) is 11.5 Å². The van der Waals surface area contributed by atoms with Gasteiger partial charge in [-0.2, -0.15) is 10.5 Å². The number of hydrogen-bond donors (Lipinski definition) is 2. The van der Waals surface area contributed by atoms with E-state index in [1.165, 1.54) is 43.3 Å². The highest BCUT2D eigenvalue weighted by Gasteiger charge is 2.50. The number of nitrogens with zero attached hydrogens (tertiary/aromatic N) is 2. The van der Waals surface area contributed by atoms with Crippen molar-refractivity contribution in [2.24, 2.45) is 0 Å². The average Bonchev–Trinajstić information content (AvgIpc) is 2.61. The van der Waals surface area contributed by atoms with Gasteiger partial charge in [0.2, 0.25) is 0 Å². The van der Waals surface area contributed by atoms with E-state index in [0.29, 0.717) is 5.56 Å². The lowest BCUT2D eigenvalue weighted by Gasteiger charge is -2.33. The van der Waals surface area contributed by atoms with E-state index in [9.17, 15) is 15.0 Å². The topological polar surface area (TPSA) is 124 Å². The summed E-state index contributed by atoms with van der Waals surface area (Å²) in [6.45, 7) is 1.20. The van der Waals surface area contributed by atoms with Gasteiger partial charge in [0.15, 0.2) is 0 Å². The van der Waals surface area contributed by atoms with Crippen LogP contribution in [0.1, 0.15) is 18.1 Å². The monoisotopic (exact) mass is 338 g/mol. The number of rotatable bonds is 6. The molecule has 0 spiro atoms. The molecule has 7 heteroatoms. The van der Waals surface area contributed by atoms with E-state index in [4.69, 9.17) is 20.0 Å². The minimum atomic E-state index is -2.47. The van der Waals surface area contributed by atoms with E-state index >= 15 is 0 Å². The first-order valence-electron chi connectivity index (χ1n) is 7.21. The van der Waals surface area contributed by atoms with Crippen LogP contribution in [0, 0.1) is 22.7 Å². The average molecular weight is 338 g/mol. The van der Waals surface area contributed by atoms with Crippen LogP contribution < -0.4 is 9.47 Å². The molecule has 0 aliphatic heterocycles. The second-order valence-corrected chi connectivity index (χ2v) is 5.10. The molecule has 0 radical (unpaired) electrons. The van der Waals surface area contributed by atoms with E-state index in [0.717, 1.165) is 0 Å². The van der Waals surface area contributed by atoms with E-state index in [2.05, 4.69) is 0 Å². The van der Waals surface area contributed by atoms with Gasteiger partial charge in [-0.3, -0.25) is 0 Å². The highest BCUT2D eigenvalue weighted by molar-refractivity contribution is 5.77. The molecule has 0 aliphatic carbocycles. The molecule has 2 unspecified atom stereocenters. The fourth-order valence-corrected chi connectivity index (χ4v) is 2.04. The Labute approximate surface area is 143 Å². The molecular weight excluding hydrogens is 324 g/mol. The first kappa shape index (κ1) is 17.8. The Hall–Kier alpha value is -3.55. The van der Waals surface area contributed by atoms with E-state index in [-0.39, 0.29) is 17.1 Å². The van der Waals surface area contributed by atoms with Crippen LogP contribution in [0.25, 0.3) is 0 Å². The summed E-state index contributed by atoms with van der Waals surface area (Å²) in [4.78, 5) is 11.8. The Morgan fingerprint density at radius 3 is 2.24 bits per heavy atom. The standard InChI is InChI=1S/C18H14N2O5/c1-12(21)18(17(22)23,24-15-8-6-13(10-19)7-9-15)25-16-5-3-2-4-14(16)11-20/h2-9,12,21H,1H3,(H,22,23). The molecule has 2 N–H and O–H groups in total. The van der Waals surface area contributed by atoms with Crippen LogP contribution in [0.3, 0.4) is 0 Å². The fraction of sp³-hybridized carbons (Fsp3) is 0.167. The minimum Gasteiger partial charge on any atom is -0.475 e. The van der Waals surface area contributed by atoms with Crippen molar-refractivity contribution in [3.8, 4) is 23.6 Å². The van der Waals surface area contributed by atoms with Crippen molar-refractivity contribution in [1.29, 1.82) is 10.5 Å². The summed E-state index contributed by atoms with van der Waals surface area (Å²) in [5.74, 6) is -4.00. The molecule has 0 aromatic heterocycles. The summed E-state index contributed by atoms with van der Waals surface area (Å²) < 4.78 is 10.9. The lowest BCUT2D eigenvalue weighted by atomic mass is 10.1. The van der Waals surface area contributed by atoms with Gasteiger partial charge in [0.1, 0.15) is 23.7 Å². The molecule has 2 aromatic carbocycles. The molecule has 0 amide bonds. The number of hydrogen-bond acceptors (Lipinski definition) is 6. The van der Waals surface area contributed by atoms with Crippen LogP contribution >= 0.6 is 0 Å². The van der Waals surface area contributed by atoms with Gasteiger partial charge in [-0.25, -0.2) is 4.79 Å². The lowest BCUT2D eigenvalue weighted by molar-refractivity contribution is -0.210. The largest absolute Gasteiger partial charge is 0.475 e. The van der Waals surface area contributed by atoms with Crippen molar-refractivity contribution in [2.75, 3.05) is 0 Å². The molecule has 0 aliphatic rings. The zero-order chi connectivity index (χ0) is 18.4. The van der Waals surface area contributed by atoms with Crippen molar-refractivity contribution in [3.63, 3.8) is 0 Å². The van der Waals surface area contributed by atoms with E-state index in [1.54, 1.807) is 12.1 Å². The number of carboxylic acid groups (broad SMARTS) is 1. The maximum atomic E-state index is 11.8. The van der Waals surface area contributed by atoms with Gasteiger partial charge in [0, 0.05) is 0 Å². The summed E-state index contributed by atoms with van der Waals surface area (Å²) in [5.41, 5.74) is 0.457. The summed E-state index contributed by atoms with van der Waals surface area (Å²) >= 11 is 0. The molecule has 126 valence electrons. The Morgan fingerprint density at radius 1 is 1.08 bits per heavy atom. The number of carbonyl (C=O) groups is 1. The van der Waals surface area contributed by atoms with Crippen molar-refractivity contribution in [1.82, 2.24) is 0 Å². The second-order valence-electron chi connectivity index (χ2n) is 5.10. The fourth-order valence-electron chi connectivity index (χ4n) is 2.04. The van der Waals surface area contributed by atoms with E-state index in [1.807, 2.05) is 12.1 Å². The molecular formula is C18H14N2O5. The Balaban J connectivity index is 2.45. The van der Waals surface area contributed by atoms with Gasteiger partial charge in [0.25, 0.3) is 0 Å². The van der Waals surface area contributed by atoms with Gasteiger partial charge in [-0.15, -0.1) is 0 Å². The lowest BCUT2D eigenvalue weighted by Crippen LogP contribution is -2.58. The quantitative estimate of drug-likeness (QED) is 0.772. The maximum Gasteiger partial charge on any atom is 0.393 e. The van der Waals surface area contributed by atoms with Gasteiger partial charge in [0.05, 0.1) is 17.2 Å². The minimum absolute atomic E-state index is 0.0399. The normalized spacial score (nSPS) is 13.6. The van der Waals surface area contributed by atoms with Gasteiger partial charge < -0.3 is 19.7 Å². The third-order valence-electron chi connectivity index (χ3n) is 3.37. The number of aliphatic hydroxyl groups is 1. The zero-order valence-corrected chi connectivity index (χ0v) is 13.2. The van der Waals surface area contributed by atoms with Gasteiger partial charge >= 0.3 is 11.8 Å². The first-order chi connectivity index (χ1) is 11.9. The molecule has 25 heavy (non-hydrogen) atoms. The molecule has 0 saturated heterocycles. The highest BCUT2D eigenvalue weighted by atomic mass is 16.7. The Morgan fingerprint density at radius 2 is 1.72 bits per heavy atom. The molecule has 7 nitrogen and oxygen atoms in total. The third-order valence-corrected chi connectivity index (χ3v) is 3.37. The van der Waals surface area contributed by atoms with Crippen molar-refractivity contribution in [2.45, 2.75) is 18.8 Å². The molecule has 0 fully saturated rings.